The van der Waals surface area contributed by atoms with E-state index in [4.69, 9.17) is 5.73 Å². The van der Waals surface area contributed by atoms with Crippen molar-refractivity contribution in [3.63, 3.8) is 0 Å². The second-order valence-corrected chi connectivity index (χ2v) is 8.16. The van der Waals surface area contributed by atoms with Crippen molar-refractivity contribution in [1.29, 1.82) is 0 Å². The fourth-order valence-electron chi connectivity index (χ4n) is 3.71. The van der Waals surface area contributed by atoms with Gasteiger partial charge in [0.05, 0.1) is 0 Å². The van der Waals surface area contributed by atoms with Crippen LogP contribution in [0.15, 0.2) is 12.2 Å². The van der Waals surface area contributed by atoms with Crippen LogP contribution in [0.4, 0.5) is 0 Å². The molecule has 0 saturated heterocycles. The number of allylic oxidation sites excluding steroid dienone is 1. The van der Waals surface area contributed by atoms with Gasteiger partial charge in [0.25, 0.3) is 0 Å². The zero-order valence-corrected chi connectivity index (χ0v) is 13.9. The summed E-state index contributed by atoms with van der Waals surface area (Å²) in [6.45, 7) is 16.9. The van der Waals surface area contributed by atoms with Crippen LogP contribution in [0, 0.1) is 22.7 Å². The fourth-order valence-corrected chi connectivity index (χ4v) is 3.71. The molecule has 1 heteroatoms. The average Bonchev–Trinajstić information content (AvgIpc) is 2.28. The quantitative estimate of drug-likeness (QED) is 0.683. The Balaban J connectivity index is 2.58. The SMILES string of the molecule is C=C1CC(C)(C(CC)CN)CCC1CCC(C)(C)C. The lowest BCUT2D eigenvalue weighted by Gasteiger charge is -2.44. The zero-order valence-electron chi connectivity index (χ0n) is 13.9. The third-order valence-electron chi connectivity index (χ3n) is 5.28. The third-order valence-corrected chi connectivity index (χ3v) is 5.28. The van der Waals surface area contributed by atoms with Crippen LogP contribution in [0.5, 0.6) is 0 Å². The first kappa shape index (κ1) is 16.8. The molecule has 1 aliphatic carbocycles. The van der Waals surface area contributed by atoms with Gasteiger partial charge < -0.3 is 5.73 Å². The van der Waals surface area contributed by atoms with Gasteiger partial charge >= 0.3 is 0 Å². The molecule has 112 valence electrons. The second-order valence-electron chi connectivity index (χ2n) is 8.16. The van der Waals surface area contributed by atoms with E-state index in [1.807, 2.05) is 0 Å². The minimum absolute atomic E-state index is 0.402. The van der Waals surface area contributed by atoms with Crippen molar-refractivity contribution in [3.05, 3.63) is 12.2 Å². The van der Waals surface area contributed by atoms with Crippen LogP contribution in [0.2, 0.25) is 0 Å². The van der Waals surface area contributed by atoms with E-state index in [0.717, 1.165) is 12.5 Å². The Bertz CT molecular complexity index is 295. The molecule has 1 saturated carbocycles. The molecule has 0 aromatic heterocycles. The molecule has 3 atom stereocenters. The van der Waals surface area contributed by atoms with Crippen molar-refractivity contribution in [2.75, 3.05) is 6.54 Å². The van der Waals surface area contributed by atoms with E-state index in [2.05, 4.69) is 41.2 Å². The Morgan fingerprint density at radius 3 is 2.47 bits per heavy atom. The zero-order chi connectivity index (χ0) is 14.7. The molecule has 1 aliphatic rings. The molecule has 1 rings (SSSR count). The van der Waals surface area contributed by atoms with E-state index >= 15 is 0 Å². The maximum absolute atomic E-state index is 5.97. The van der Waals surface area contributed by atoms with Crippen LogP contribution >= 0.6 is 0 Å². The van der Waals surface area contributed by atoms with Crippen molar-refractivity contribution in [1.82, 2.24) is 0 Å². The summed E-state index contributed by atoms with van der Waals surface area (Å²) in [5, 5.41) is 0. The van der Waals surface area contributed by atoms with Crippen molar-refractivity contribution in [2.45, 2.75) is 73.1 Å². The first-order valence-electron chi connectivity index (χ1n) is 8.09. The van der Waals surface area contributed by atoms with Crippen molar-refractivity contribution in [3.8, 4) is 0 Å². The molecule has 0 bridgehead atoms. The third kappa shape index (κ3) is 4.63. The molecule has 0 heterocycles. The molecule has 0 aromatic rings. The maximum Gasteiger partial charge on any atom is -0.00436 e. The molecular weight excluding hydrogens is 230 g/mol. The monoisotopic (exact) mass is 265 g/mol. The van der Waals surface area contributed by atoms with Gasteiger partial charge in [0, 0.05) is 0 Å². The van der Waals surface area contributed by atoms with Gasteiger partial charge in [0.15, 0.2) is 0 Å². The van der Waals surface area contributed by atoms with E-state index in [1.165, 1.54) is 44.1 Å². The van der Waals surface area contributed by atoms with E-state index < -0.39 is 0 Å². The lowest BCUT2D eigenvalue weighted by Crippen LogP contribution is -2.37. The second kappa shape index (κ2) is 6.43. The molecule has 1 nitrogen and oxygen atoms in total. The highest BCUT2D eigenvalue weighted by Gasteiger charge is 2.38. The van der Waals surface area contributed by atoms with Crippen LogP contribution < -0.4 is 5.73 Å². The van der Waals surface area contributed by atoms with Gasteiger partial charge in [-0.15, -0.1) is 0 Å². The summed E-state index contributed by atoms with van der Waals surface area (Å²) in [6.07, 6.45) is 7.67. The maximum atomic E-state index is 5.97. The number of hydrogen-bond donors (Lipinski definition) is 1. The molecule has 3 unspecified atom stereocenters. The number of hydrogen-bond acceptors (Lipinski definition) is 1. The Kier molecular flexibility index (Phi) is 5.67. The Hall–Kier alpha value is -0.300. The van der Waals surface area contributed by atoms with Gasteiger partial charge in [-0.1, -0.05) is 53.2 Å². The molecular formula is C18H35N. The standard InChI is InChI=1S/C18H35N/c1-7-16(13-19)18(6)11-9-15(14(2)12-18)8-10-17(3,4)5/h15-16H,2,7-13,19H2,1,3-6H3. The van der Waals surface area contributed by atoms with Gasteiger partial charge in [-0.05, 0) is 61.3 Å². The normalized spacial score (nSPS) is 30.4. The summed E-state index contributed by atoms with van der Waals surface area (Å²) in [5.74, 6) is 1.41. The number of rotatable bonds is 5. The fraction of sp³-hybridized carbons (Fsp3) is 0.889. The summed E-state index contributed by atoms with van der Waals surface area (Å²) in [7, 11) is 0. The largest absolute Gasteiger partial charge is 0.330 e. The van der Waals surface area contributed by atoms with E-state index in [0.29, 0.717) is 16.7 Å². The lowest BCUT2D eigenvalue weighted by atomic mass is 9.61. The Morgan fingerprint density at radius 1 is 1.42 bits per heavy atom. The molecule has 0 amide bonds. The summed E-state index contributed by atoms with van der Waals surface area (Å²) >= 11 is 0. The van der Waals surface area contributed by atoms with Gasteiger partial charge in [0.2, 0.25) is 0 Å². The molecule has 0 spiro atoms. The first-order chi connectivity index (χ1) is 8.72. The molecule has 1 fully saturated rings. The van der Waals surface area contributed by atoms with Crippen LogP contribution in [0.25, 0.3) is 0 Å². The first-order valence-corrected chi connectivity index (χ1v) is 8.09. The highest BCUT2D eigenvalue weighted by Crippen LogP contribution is 2.48. The van der Waals surface area contributed by atoms with Crippen LogP contribution in [0.3, 0.4) is 0 Å². The van der Waals surface area contributed by atoms with Crippen molar-refractivity contribution >= 4 is 0 Å². The van der Waals surface area contributed by atoms with Crippen LogP contribution in [-0.2, 0) is 0 Å². The Labute approximate surface area is 121 Å². The van der Waals surface area contributed by atoms with E-state index in [-0.39, 0.29) is 0 Å². The van der Waals surface area contributed by atoms with Gasteiger partial charge in [-0.3, -0.25) is 0 Å². The lowest BCUT2D eigenvalue weighted by molar-refractivity contribution is 0.123. The minimum atomic E-state index is 0.402. The molecule has 19 heavy (non-hydrogen) atoms. The summed E-state index contributed by atoms with van der Waals surface area (Å²) < 4.78 is 0. The van der Waals surface area contributed by atoms with Gasteiger partial charge in [-0.25, -0.2) is 0 Å². The highest BCUT2D eigenvalue weighted by molar-refractivity contribution is 5.10. The van der Waals surface area contributed by atoms with Crippen molar-refractivity contribution < 1.29 is 0 Å². The Morgan fingerprint density at radius 2 is 2.05 bits per heavy atom. The summed E-state index contributed by atoms with van der Waals surface area (Å²) in [5.41, 5.74) is 8.31. The van der Waals surface area contributed by atoms with Crippen LogP contribution in [-0.4, -0.2) is 6.54 Å². The summed E-state index contributed by atoms with van der Waals surface area (Å²) in [4.78, 5) is 0. The highest BCUT2D eigenvalue weighted by atomic mass is 14.6. The smallest absolute Gasteiger partial charge is 0.00436 e. The van der Waals surface area contributed by atoms with Crippen LogP contribution in [0.1, 0.15) is 73.1 Å². The molecule has 0 aliphatic heterocycles. The molecule has 0 aromatic carbocycles. The van der Waals surface area contributed by atoms with E-state index in [9.17, 15) is 0 Å². The predicted octanol–water partition coefficient (Wildman–Crippen LogP) is 5.16. The average molecular weight is 265 g/mol. The molecule has 0 radical (unpaired) electrons. The van der Waals surface area contributed by atoms with Gasteiger partial charge in [0.1, 0.15) is 0 Å². The van der Waals surface area contributed by atoms with E-state index in [1.54, 1.807) is 0 Å². The molecule has 2 N–H and O–H groups in total. The predicted molar refractivity (Wildman–Crippen MR) is 86.1 cm³/mol. The number of nitrogens with two attached hydrogens (primary N) is 1. The summed E-state index contributed by atoms with van der Waals surface area (Å²) in [6, 6.07) is 0. The minimum Gasteiger partial charge on any atom is -0.330 e. The van der Waals surface area contributed by atoms with Gasteiger partial charge in [-0.2, -0.15) is 0 Å². The topological polar surface area (TPSA) is 26.0 Å². The van der Waals surface area contributed by atoms with Crippen molar-refractivity contribution in [2.24, 2.45) is 28.4 Å².